The second-order valence-corrected chi connectivity index (χ2v) is 5.83. The number of ether oxygens (including phenoxy) is 1. The van der Waals surface area contributed by atoms with Crippen LogP contribution >= 0.6 is 0 Å². The van der Waals surface area contributed by atoms with Crippen LogP contribution in [-0.4, -0.2) is 12.5 Å². The van der Waals surface area contributed by atoms with E-state index in [0.29, 0.717) is 19.6 Å². The highest BCUT2D eigenvalue weighted by atomic mass is 16.5. The third kappa shape index (κ3) is 5.01. The van der Waals surface area contributed by atoms with E-state index in [1.54, 1.807) is 0 Å². The Morgan fingerprint density at radius 1 is 1.00 bits per heavy atom. The van der Waals surface area contributed by atoms with Crippen molar-refractivity contribution in [1.82, 2.24) is 5.32 Å². The van der Waals surface area contributed by atoms with Crippen LogP contribution in [0.5, 0.6) is 0 Å². The van der Waals surface area contributed by atoms with Crippen LogP contribution in [0.4, 0.5) is 0 Å². The van der Waals surface area contributed by atoms with Gasteiger partial charge in [-0.1, -0.05) is 60.7 Å². The number of carbonyl (C=O) groups is 1. The van der Waals surface area contributed by atoms with Crippen LogP contribution in [-0.2, 0) is 21.7 Å². The van der Waals surface area contributed by atoms with E-state index in [1.807, 2.05) is 74.5 Å². The van der Waals surface area contributed by atoms with Crippen molar-refractivity contribution in [3.8, 4) is 0 Å². The highest BCUT2D eigenvalue weighted by Crippen LogP contribution is 2.19. The third-order valence-corrected chi connectivity index (χ3v) is 3.53. The average molecular weight is 297 g/mol. The molecule has 0 atom stereocenters. The van der Waals surface area contributed by atoms with Crippen molar-refractivity contribution in [3.63, 3.8) is 0 Å². The minimum Gasteiger partial charge on any atom is -0.376 e. The summed E-state index contributed by atoms with van der Waals surface area (Å²) < 4.78 is 5.55. The number of hydrogen-bond acceptors (Lipinski definition) is 2. The number of carbonyl (C=O) groups excluding carboxylic acids is 1. The van der Waals surface area contributed by atoms with Gasteiger partial charge in [-0.2, -0.15) is 0 Å². The molecule has 0 aromatic heterocycles. The summed E-state index contributed by atoms with van der Waals surface area (Å²) in [6.45, 7) is 4.97. The fourth-order valence-corrected chi connectivity index (χ4v) is 2.27. The first kappa shape index (κ1) is 16.2. The van der Waals surface area contributed by atoms with Gasteiger partial charge >= 0.3 is 0 Å². The number of benzene rings is 2. The number of nitrogens with one attached hydrogen (secondary N) is 1. The molecule has 0 radical (unpaired) electrons. The van der Waals surface area contributed by atoms with Gasteiger partial charge < -0.3 is 10.1 Å². The molecular weight excluding hydrogens is 274 g/mol. The molecule has 3 heteroatoms. The maximum atomic E-state index is 12.1. The summed E-state index contributed by atoms with van der Waals surface area (Å²) in [5, 5.41) is 3.05. The Morgan fingerprint density at radius 3 is 2.23 bits per heavy atom. The number of rotatable bonds is 7. The van der Waals surface area contributed by atoms with Gasteiger partial charge in [0, 0.05) is 6.42 Å². The maximum absolute atomic E-state index is 12.1. The molecule has 0 unspecified atom stereocenters. The van der Waals surface area contributed by atoms with E-state index >= 15 is 0 Å². The van der Waals surface area contributed by atoms with Crippen LogP contribution in [0.25, 0.3) is 0 Å². The van der Waals surface area contributed by atoms with Crippen LogP contribution in [0.2, 0.25) is 0 Å². The number of amides is 1. The van der Waals surface area contributed by atoms with Crippen LogP contribution in [0.1, 0.15) is 31.4 Å². The molecule has 0 heterocycles. The van der Waals surface area contributed by atoms with Crippen LogP contribution in [0, 0.1) is 0 Å². The first-order valence-corrected chi connectivity index (χ1v) is 7.56. The largest absolute Gasteiger partial charge is 0.376 e. The fraction of sp³-hybridized carbons (Fsp3) is 0.316. The van der Waals surface area contributed by atoms with Gasteiger partial charge in [-0.05, 0) is 25.0 Å². The zero-order chi connectivity index (χ0) is 15.8. The van der Waals surface area contributed by atoms with Crippen molar-refractivity contribution >= 4 is 5.91 Å². The zero-order valence-corrected chi connectivity index (χ0v) is 13.2. The molecular formula is C19H23NO2. The average Bonchev–Trinajstić information content (AvgIpc) is 2.53. The lowest BCUT2D eigenvalue weighted by Gasteiger charge is -2.27. The molecule has 0 aliphatic heterocycles. The van der Waals surface area contributed by atoms with E-state index < -0.39 is 0 Å². The summed E-state index contributed by atoms with van der Waals surface area (Å²) in [6.07, 6.45) is 0.364. The van der Waals surface area contributed by atoms with Gasteiger partial charge in [-0.15, -0.1) is 0 Å². The van der Waals surface area contributed by atoms with Gasteiger partial charge in [0.2, 0.25) is 5.91 Å². The van der Waals surface area contributed by atoms with E-state index in [0.717, 1.165) is 11.1 Å². The third-order valence-electron chi connectivity index (χ3n) is 3.53. The van der Waals surface area contributed by atoms with E-state index in [2.05, 4.69) is 5.32 Å². The summed E-state index contributed by atoms with van der Waals surface area (Å²) >= 11 is 0. The molecule has 1 N–H and O–H groups in total. The molecule has 0 spiro atoms. The highest BCUT2D eigenvalue weighted by molar-refractivity contribution is 5.77. The molecule has 3 nitrogen and oxygen atoms in total. The molecule has 0 aliphatic carbocycles. The molecule has 22 heavy (non-hydrogen) atoms. The lowest BCUT2D eigenvalue weighted by atomic mass is 9.94. The van der Waals surface area contributed by atoms with Crippen molar-refractivity contribution in [3.05, 3.63) is 71.8 Å². The van der Waals surface area contributed by atoms with E-state index in [-0.39, 0.29) is 11.4 Å². The molecule has 1 amide bonds. The lowest BCUT2D eigenvalue weighted by Crippen LogP contribution is -2.41. The van der Waals surface area contributed by atoms with E-state index in [9.17, 15) is 4.79 Å². The smallest absolute Gasteiger partial charge is 0.222 e. The molecule has 0 aliphatic rings. The Bertz CT molecular complexity index is 579. The predicted molar refractivity (Wildman–Crippen MR) is 88.3 cm³/mol. The molecule has 0 fully saturated rings. The summed E-state index contributed by atoms with van der Waals surface area (Å²) in [5.41, 5.74) is 1.83. The normalized spacial score (nSPS) is 11.2. The van der Waals surface area contributed by atoms with Gasteiger partial charge in [-0.3, -0.25) is 4.79 Å². The summed E-state index contributed by atoms with van der Waals surface area (Å²) in [7, 11) is 0. The Kier molecular flexibility index (Phi) is 5.73. The van der Waals surface area contributed by atoms with E-state index in [4.69, 9.17) is 4.74 Å². The molecule has 0 saturated carbocycles. The minimum absolute atomic E-state index is 0.00177. The Hall–Kier alpha value is -2.13. The summed E-state index contributed by atoms with van der Waals surface area (Å²) in [5.74, 6) is 0.00177. The Labute approximate surface area is 132 Å². The van der Waals surface area contributed by atoms with Crippen molar-refractivity contribution in [2.24, 2.45) is 0 Å². The quantitative estimate of drug-likeness (QED) is 0.792. The van der Waals surface area contributed by atoms with Gasteiger partial charge in [-0.25, -0.2) is 0 Å². The molecule has 0 saturated heterocycles. The fourth-order valence-electron chi connectivity index (χ4n) is 2.27. The van der Waals surface area contributed by atoms with Crippen molar-refractivity contribution in [2.75, 3.05) is 6.61 Å². The number of hydrogen-bond donors (Lipinski definition) is 1. The molecule has 2 aromatic carbocycles. The summed E-state index contributed by atoms with van der Waals surface area (Å²) in [6, 6.07) is 19.9. The minimum atomic E-state index is -0.377. The zero-order valence-electron chi connectivity index (χ0n) is 13.2. The maximum Gasteiger partial charge on any atom is 0.222 e. The van der Waals surface area contributed by atoms with Crippen molar-refractivity contribution in [2.45, 2.75) is 32.4 Å². The van der Waals surface area contributed by atoms with Gasteiger partial charge in [0.1, 0.15) is 0 Å². The van der Waals surface area contributed by atoms with Gasteiger partial charge in [0.15, 0.2) is 0 Å². The SMILES string of the molecule is CC(C)(NC(=O)CCOCc1ccccc1)c1ccccc1. The Morgan fingerprint density at radius 2 is 1.59 bits per heavy atom. The van der Waals surface area contributed by atoms with Crippen LogP contribution < -0.4 is 5.32 Å². The van der Waals surface area contributed by atoms with E-state index in [1.165, 1.54) is 0 Å². The van der Waals surface area contributed by atoms with Gasteiger partial charge in [0.25, 0.3) is 0 Å². The van der Waals surface area contributed by atoms with Crippen molar-refractivity contribution in [1.29, 1.82) is 0 Å². The topological polar surface area (TPSA) is 38.3 Å². The monoisotopic (exact) mass is 297 g/mol. The van der Waals surface area contributed by atoms with Crippen LogP contribution in [0.3, 0.4) is 0 Å². The standard InChI is InChI=1S/C19H23NO2/c1-19(2,17-11-7-4-8-12-17)20-18(21)13-14-22-15-16-9-5-3-6-10-16/h3-12H,13-15H2,1-2H3,(H,20,21). The second-order valence-electron chi connectivity index (χ2n) is 5.83. The van der Waals surface area contributed by atoms with Crippen molar-refractivity contribution < 1.29 is 9.53 Å². The van der Waals surface area contributed by atoms with Gasteiger partial charge in [0.05, 0.1) is 18.8 Å². The van der Waals surface area contributed by atoms with Crippen LogP contribution in [0.15, 0.2) is 60.7 Å². The predicted octanol–water partition coefficient (Wildman–Crippen LogP) is 3.64. The summed E-state index contributed by atoms with van der Waals surface area (Å²) in [4.78, 5) is 12.1. The second kappa shape index (κ2) is 7.76. The Balaban J connectivity index is 1.74. The highest BCUT2D eigenvalue weighted by Gasteiger charge is 2.22. The first-order valence-electron chi connectivity index (χ1n) is 7.56. The lowest BCUT2D eigenvalue weighted by molar-refractivity contribution is -0.124. The molecule has 2 aromatic rings. The molecule has 2 rings (SSSR count). The molecule has 0 bridgehead atoms. The molecule has 116 valence electrons. The first-order chi connectivity index (χ1) is 10.6.